The Bertz CT molecular complexity index is 3320. The molecule has 0 radical (unpaired) electrons. The maximum absolute atomic E-state index is 15.1. The summed E-state index contributed by atoms with van der Waals surface area (Å²) < 4.78 is 50.3. The first-order chi connectivity index (χ1) is 44.2. The Labute approximate surface area is 560 Å². The maximum Gasteiger partial charge on any atom is 0.326 e. The van der Waals surface area contributed by atoms with Crippen LogP contribution in [0.1, 0.15) is 111 Å². The molecule has 2 heterocycles. The molecule has 2 aromatic rings. The third-order valence-electron chi connectivity index (χ3n) is 16.9. The normalized spacial score (nSPS) is 18.2. The molecule has 0 unspecified atom stereocenters. The minimum absolute atomic E-state index is 0.0113. The topological polar surface area (TPSA) is 425 Å². The van der Waals surface area contributed by atoms with E-state index in [2.05, 4.69) is 26.6 Å². The fourth-order valence-corrected chi connectivity index (χ4v) is 12.6. The molecule has 12 atom stereocenters. The number of halogens is 1. The van der Waals surface area contributed by atoms with Crippen molar-refractivity contribution in [3.63, 3.8) is 0 Å². The number of carbonyl (C=O) groups excluding carboxylic acids is 10. The molecule has 2 aliphatic heterocycles. The summed E-state index contributed by atoms with van der Waals surface area (Å²) in [5.41, 5.74) is 6.94. The molecule has 4 rings (SSSR count). The van der Waals surface area contributed by atoms with Crippen LogP contribution in [0.15, 0.2) is 60.7 Å². The molecule has 29 nitrogen and oxygen atoms in total. The Morgan fingerprint density at radius 2 is 1.07 bits per heavy atom. The second-order valence-corrected chi connectivity index (χ2v) is 31.0. The molecule has 2 fully saturated rings. The highest BCUT2D eigenvalue weighted by Crippen LogP contribution is 2.26. The van der Waals surface area contributed by atoms with Gasteiger partial charge in [-0.1, -0.05) is 94.8 Å². The van der Waals surface area contributed by atoms with E-state index in [0.717, 1.165) is 27.2 Å². The molecule has 32 heteroatoms. The van der Waals surface area contributed by atoms with Crippen molar-refractivity contribution in [1.82, 2.24) is 51.5 Å². The summed E-state index contributed by atoms with van der Waals surface area (Å²) in [7, 11) is -5.08. The third-order valence-corrected chi connectivity index (χ3v) is 19.1. The van der Waals surface area contributed by atoms with Gasteiger partial charge in [0.25, 0.3) is 0 Å². The number of alkyl halides is 1. The molecular formula is C63H94ClN11O18S2. The lowest BCUT2D eigenvalue weighted by Gasteiger charge is -2.36. The molecule has 2 saturated heterocycles. The van der Waals surface area contributed by atoms with Crippen LogP contribution in [0.25, 0.3) is 0 Å². The Hall–Kier alpha value is -7.77. The van der Waals surface area contributed by atoms with Crippen LogP contribution in [0.3, 0.4) is 0 Å². The largest absolute Gasteiger partial charge is 0.481 e. The number of nitrogens with zero attached hydrogens (tertiary/aromatic N) is 4. The number of sulfone groups is 2. The van der Waals surface area contributed by atoms with Crippen molar-refractivity contribution in [2.24, 2.45) is 17.6 Å². The van der Waals surface area contributed by atoms with Crippen LogP contribution in [0.4, 0.5) is 0 Å². The summed E-state index contributed by atoms with van der Waals surface area (Å²) >= 11 is 6.76. The molecule has 0 aromatic heterocycles. The number of amides is 10. The number of benzene rings is 2. The van der Waals surface area contributed by atoms with Crippen LogP contribution in [-0.4, -0.2) is 240 Å². The predicted octanol–water partition coefficient (Wildman–Crippen LogP) is -0.488. The first kappa shape index (κ1) is 79.7. The van der Waals surface area contributed by atoms with Crippen LogP contribution in [-0.2, 0) is 90.1 Å². The van der Waals surface area contributed by atoms with E-state index in [1.165, 1.54) is 39.8 Å². The Kier molecular flexibility index (Phi) is 29.6. The van der Waals surface area contributed by atoms with Crippen molar-refractivity contribution in [3.8, 4) is 0 Å². The molecule has 10 N–H and O–H groups in total. The molecule has 2 aromatic carbocycles. The van der Waals surface area contributed by atoms with Crippen LogP contribution < -0.4 is 37.6 Å². The second-order valence-electron chi connectivity index (χ2n) is 25.5. The van der Waals surface area contributed by atoms with Gasteiger partial charge < -0.3 is 67.4 Å². The number of carbonyl (C=O) groups is 12. The first-order valence-electron chi connectivity index (χ1n) is 31.5. The van der Waals surface area contributed by atoms with Crippen LogP contribution in [0.2, 0.25) is 0 Å². The summed E-state index contributed by atoms with van der Waals surface area (Å²) in [6.45, 7) is 11.2. The summed E-state index contributed by atoms with van der Waals surface area (Å²) in [5, 5.41) is 34.1. The van der Waals surface area contributed by atoms with Crippen molar-refractivity contribution < 1.29 is 84.6 Å². The number of likely N-dealkylation sites (N-methyl/N-ethyl adjacent to an activating group) is 2. The number of likely N-dealkylation sites (tertiary alicyclic amines) is 2. The van der Waals surface area contributed by atoms with E-state index in [1.54, 1.807) is 88.4 Å². The molecule has 0 aliphatic carbocycles. The summed E-state index contributed by atoms with van der Waals surface area (Å²) in [6, 6.07) is 1.04. The summed E-state index contributed by atoms with van der Waals surface area (Å²) in [4.78, 5) is 170. The Balaban J connectivity index is 1.69. The van der Waals surface area contributed by atoms with Gasteiger partial charge in [0.15, 0.2) is 0 Å². The van der Waals surface area contributed by atoms with Crippen molar-refractivity contribution in [2.75, 3.05) is 51.2 Å². The van der Waals surface area contributed by atoms with Gasteiger partial charge >= 0.3 is 11.9 Å². The van der Waals surface area contributed by atoms with Crippen molar-refractivity contribution >= 4 is 102 Å². The quantitative estimate of drug-likeness (QED) is 0.0393. The van der Waals surface area contributed by atoms with Gasteiger partial charge in [-0.25, -0.2) is 21.6 Å². The molecule has 528 valence electrons. The fourth-order valence-electron chi connectivity index (χ4n) is 11.2. The standard InChI is InChI=1S/C63H94ClN11O18S2/c1-12-37(4)50(70-56(82)49(36(2)3)69-53(79)44-25-19-29-74(44)58(84)38(5)65)61(87)73(9)46(33-39-21-15-13-16-22-39)54(80)67-42(28-32-95(11,92)93)59(85)75-30-20-26-45(75)60(86)72(8)47(34-40-23-17-14-18-24-40)55(81)71-51(63(6,7)64)57(83)66-41(27-31-94(10,90)91)52(78)68-43(62(88)89)35-48(76)77/h13-18,21-24,36-38,41-47,49-51H,12,19-20,25-35,65H2,1-11H3,(H,66,83)(H,67,80)(H,68,78)(H,69,79)(H,70,82)(H,71,81)(H,76,77)(H,88,89)/t37-,38-,41-,42-,43-,44-,45-,46-,47-,49-,50-,51+/m0/s1. The Morgan fingerprint density at radius 3 is 1.54 bits per heavy atom. The number of nitrogens with one attached hydrogen (secondary N) is 6. The average Bonchev–Trinajstić information content (AvgIpc) is 1.80. The highest BCUT2D eigenvalue weighted by molar-refractivity contribution is 7.90. The minimum Gasteiger partial charge on any atom is -0.481 e. The van der Waals surface area contributed by atoms with Crippen LogP contribution >= 0.6 is 11.6 Å². The van der Waals surface area contributed by atoms with E-state index < -0.39 is 205 Å². The lowest BCUT2D eigenvalue weighted by Crippen LogP contribution is -2.63. The number of hydrogen-bond acceptors (Lipinski definition) is 17. The predicted molar refractivity (Wildman–Crippen MR) is 351 cm³/mol. The highest BCUT2D eigenvalue weighted by Gasteiger charge is 2.46. The maximum atomic E-state index is 15.1. The van der Waals surface area contributed by atoms with Gasteiger partial charge in [0.05, 0.1) is 28.8 Å². The third kappa shape index (κ3) is 23.8. The minimum atomic E-state index is -3.85. The van der Waals surface area contributed by atoms with Gasteiger partial charge in [0, 0.05) is 52.5 Å². The molecule has 0 bridgehead atoms. The molecule has 2 aliphatic rings. The first-order valence-corrected chi connectivity index (χ1v) is 36.0. The van der Waals surface area contributed by atoms with Gasteiger partial charge in [0.1, 0.15) is 80.1 Å². The summed E-state index contributed by atoms with van der Waals surface area (Å²) in [6.07, 6.45) is 0.598. The van der Waals surface area contributed by atoms with Gasteiger partial charge in [-0.3, -0.25) is 52.7 Å². The van der Waals surface area contributed by atoms with Crippen molar-refractivity contribution in [1.29, 1.82) is 0 Å². The van der Waals surface area contributed by atoms with Gasteiger partial charge in [-0.15, -0.1) is 11.6 Å². The monoisotopic (exact) mass is 1390 g/mol. The zero-order valence-electron chi connectivity index (χ0n) is 55.7. The van der Waals surface area contributed by atoms with E-state index in [4.69, 9.17) is 17.3 Å². The molecule has 95 heavy (non-hydrogen) atoms. The number of carboxylic acid groups (broad SMARTS) is 2. The number of rotatable bonds is 35. The summed E-state index contributed by atoms with van der Waals surface area (Å²) in [5.74, 6) is -14.3. The van der Waals surface area contributed by atoms with Gasteiger partial charge in [0.2, 0.25) is 59.1 Å². The van der Waals surface area contributed by atoms with E-state index >= 15 is 19.2 Å². The number of nitrogens with two attached hydrogens (primary N) is 1. The van der Waals surface area contributed by atoms with Crippen LogP contribution in [0, 0.1) is 11.8 Å². The second kappa shape index (κ2) is 35.3. The molecular weight excluding hydrogens is 1300 g/mol. The van der Waals surface area contributed by atoms with E-state index in [-0.39, 0.29) is 32.2 Å². The molecule has 0 spiro atoms. The van der Waals surface area contributed by atoms with Crippen molar-refractivity contribution in [3.05, 3.63) is 71.8 Å². The Morgan fingerprint density at radius 1 is 0.611 bits per heavy atom. The van der Waals surface area contributed by atoms with Crippen LogP contribution in [0.5, 0.6) is 0 Å². The SMILES string of the molecule is CC[C@H](C)[C@H](NC(=O)[C@@H](NC(=O)[C@@H]1CCCN1C(=O)[C@H](C)N)C(C)C)C(=O)N(C)[C@@H](Cc1ccccc1)C(=O)N[C@@H](CCS(C)(=O)=O)C(=O)N1CCC[C@H]1C(=O)N(C)[C@@H](Cc1ccccc1)C(=O)N[C@H](C(=O)N[C@@H](CCS(C)(=O)=O)C(=O)N[C@@H](CC(=O)O)C(=O)O)C(C)(C)Cl. The van der Waals surface area contributed by atoms with Gasteiger partial charge in [-0.2, -0.15) is 0 Å². The van der Waals surface area contributed by atoms with E-state index in [9.17, 15) is 65.4 Å². The molecule has 0 saturated carbocycles. The number of aliphatic carboxylic acids is 2. The smallest absolute Gasteiger partial charge is 0.326 e. The van der Waals surface area contributed by atoms with Gasteiger partial charge in [-0.05, 0) is 82.3 Å². The van der Waals surface area contributed by atoms with E-state index in [0.29, 0.717) is 36.9 Å². The zero-order chi connectivity index (χ0) is 71.6. The molecule has 10 amide bonds. The lowest BCUT2D eigenvalue weighted by atomic mass is 9.94. The number of hydrogen-bond donors (Lipinski definition) is 9. The lowest BCUT2D eigenvalue weighted by molar-refractivity contribution is -0.149. The average molecular weight is 1390 g/mol. The highest BCUT2D eigenvalue weighted by atomic mass is 35.5. The van der Waals surface area contributed by atoms with Crippen molar-refractivity contribution in [2.45, 2.75) is 184 Å². The zero-order valence-corrected chi connectivity index (χ0v) is 58.1. The fraction of sp³-hybridized carbons (Fsp3) is 0.619. The number of carboxylic acids is 2. The van der Waals surface area contributed by atoms with E-state index in [1.807, 2.05) is 5.32 Å².